The number of anilines is 3. The minimum absolute atomic E-state index is 0.319. The summed E-state index contributed by atoms with van der Waals surface area (Å²) >= 11 is 0. The molecule has 0 bridgehead atoms. The molecule has 20 heavy (non-hydrogen) atoms. The lowest BCUT2D eigenvalue weighted by atomic mass is 10.3. The number of rotatable bonds is 6. The van der Waals surface area contributed by atoms with Crippen molar-refractivity contribution in [1.29, 1.82) is 0 Å². The number of hydrogen-bond donors (Lipinski definition) is 1. The molecule has 0 aliphatic rings. The number of benzene rings is 1. The Morgan fingerprint density at radius 1 is 1.25 bits per heavy atom. The van der Waals surface area contributed by atoms with Gasteiger partial charge in [-0.25, -0.2) is 9.37 Å². The topological polar surface area (TPSA) is 41.1 Å². The molecule has 1 aromatic carbocycles. The number of aromatic nitrogens is 2. The van der Waals surface area contributed by atoms with E-state index in [1.165, 1.54) is 6.07 Å². The van der Waals surface area contributed by atoms with E-state index in [-0.39, 0.29) is 5.82 Å². The summed E-state index contributed by atoms with van der Waals surface area (Å²) in [6.45, 7) is 3.09. The number of nitrogens with one attached hydrogen (secondary N) is 1. The van der Waals surface area contributed by atoms with Crippen LogP contribution in [0, 0.1) is 5.82 Å². The summed E-state index contributed by atoms with van der Waals surface area (Å²) in [5.74, 6) is 0.907. The summed E-state index contributed by atoms with van der Waals surface area (Å²) < 4.78 is 13.6. The van der Waals surface area contributed by atoms with Crippen LogP contribution in [0.2, 0.25) is 0 Å². The van der Waals surface area contributed by atoms with Crippen LogP contribution in [0.15, 0.2) is 36.5 Å². The fourth-order valence-corrected chi connectivity index (χ4v) is 1.81. The van der Waals surface area contributed by atoms with E-state index in [4.69, 9.17) is 0 Å². The van der Waals surface area contributed by atoms with Gasteiger partial charge in [-0.3, -0.25) is 0 Å². The fourth-order valence-electron chi connectivity index (χ4n) is 1.81. The molecule has 0 aliphatic carbocycles. The summed E-state index contributed by atoms with van der Waals surface area (Å²) in [6.07, 6.45) is 3.92. The molecule has 1 heterocycles. The van der Waals surface area contributed by atoms with Crippen molar-refractivity contribution in [3.63, 3.8) is 0 Å². The second-order valence-corrected chi connectivity index (χ2v) is 4.62. The maximum atomic E-state index is 13.6. The van der Waals surface area contributed by atoms with Crippen molar-refractivity contribution >= 4 is 17.5 Å². The Kier molecular flexibility index (Phi) is 4.87. The van der Waals surface area contributed by atoms with Crippen molar-refractivity contribution in [2.75, 3.05) is 23.8 Å². The van der Waals surface area contributed by atoms with Crippen molar-refractivity contribution in [3.05, 3.63) is 42.3 Å². The molecule has 0 aliphatic heterocycles. The van der Waals surface area contributed by atoms with E-state index in [0.29, 0.717) is 11.6 Å². The zero-order chi connectivity index (χ0) is 14.4. The second kappa shape index (κ2) is 6.84. The molecule has 0 spiro atoms. The zero-order valence-corrected chi connectivity index (χ0v) is 11.8. The third-order valence-corrected chi connectivity index (χ3v) is 3.00. The number of unbranched alkanes of at least 4 members (excludes halogenated alkanes) is 1. The first-order valence-corrected chi connectivity index (χ1v) is 6.76. The van der Waals surface area contributed by atoms with Gasteiger partial charge in [0.15, 0.2) is 0 Å². The Morgan fingerprint density at radius 3 is 2.80 bits per heavy atom. The summed E-state index contributed by atoms with van der Waals surface area (Å²) in [4.78, 5) is 10.6. The van der Waals surface area contributed by atoms with Gasteiger partial charge in [-0.05, 0) is 24.6 Å². The fraction of sp³-hybridized carbons (Fsp3) is 0.333. The van der Waals surface area contributed by atoms with Gasteiger partial charge in [-0.15, -0.1) is 0 Å². The molecule has 1 aromatic heterocycles. The Morgan fingerprint density at radius 2 is 2.05 bits per heavy atom. The monoisotopic (exact) mass is 274 g/mol. The highest BCUT2D eigenvalue weighted by molar-refractivity contribution is 5.55. The SMILES string of the molecule is CCCCN(C)c1ccnc(Nc2ccccc2F)n1. The standard InChI is InChI=1S/C15H19FN4/c1-3-4-11-20(2)14-9-10-17-15(19-14)18-13-8-6-5-7-12(13)16/h5-10H,3-4,11H2,1-2H3,(H,17,18,19). The van der Waals surface area contributed by atoms with Gasteiger partial charge in [0.05, 0.1) is 5.69 Å². The molecule has 0 unspecified atom stereocenters. The lowest BCUT2D eigenvalue weighted by molar-refractivity contribution is 0.631. The number of nitrogens with zero attached hydrogens (tertiary/aromatic N) is 3. The van der Waals surface area contributed by atoms with E-state index in [1.807, 2.05) is 13.1 Å². The van der Waals surface area contributed by atoms with Crippen LogP contribution in [-0.4, -0.2) is 23.6 Å². The maximum Gasteiger partial charge on any atom is 0.229 e. The predicted molar refractivity (Wildman–Crippen MR) is 79.9 cm³/mol. The smallest absolute Gasteiger partial charge is 0.229 e. The summed E-state index contributed by atoms with van der Waals surface area (Å²) in [7, 11) is 1.99. The Balaban J connectivity index is 2.12. The van der Waals surface area contributed by atoms with Crippen molar-refractivity contribution in [2.24, 2.45) is 0 Å². The first kappa shape index (κ1) is 14.2. The molecule has 1 N–H and O–H groups in total. The molecule has 0 atom stereocenters. The van der Waals surface area contributed by atoms with Gasteiger partial charge >= 0.3 is 0 Å². The van der Waals surface area contributed by atoms with Gasteiger partial charge in [-0.2, -0.15) is 4.98 Å². The highest BCUT2D eigenvalue weighted by Crippen LogP contribution is 2.18. The van der Waals surface area contributed by atoms with E-state index in [2.05, 4.69) is 27.1 Å². The van der Waals surface area contributed by atoms with Crippen molar-refractivity contribution < 1.29 is 4.39 Å². The van der Waals surface area contributed by atoms with E-state index < -0.39 is 0 Å². The molecular weight excluding hydrogens is 255 g/mol. The third kappa shape index (κ3) is 3.66. The van der Waals surface area contributed by atoms with E-state index in [1.54, 1.807) is 24.4 Å². The number of hydrogen-bond acceptors (Lipinski definition) is 4. The second-order valence-electron chi connectivity index (χ2n) is 4.62. The molecule has 0 saturated heterocycles. The average molecular weight is 274 g/mol. The maximum absolute atomic E-state index is 13.6. The highest BCUT2D eigenvalue weighted by atomic mass is 19.1. The van der Waals surface area contributed by atoms with Crippen LogP contribution in [-0.2, 0) is 0 Å². The molecule has 106 valence electrons. The molecule has 0 radical (unpaired) electrons. The largest absolute Gasteiger partial charge is 0.360 e. The summed E-state index contributed by atoms with van der Waals surface area (Å²) in [6, 6.07) is 8.33. The zero-order valence-electron chi connectivity index (χ0n) is 11.8. The molecule has 0 amide bonds. The quantitative estimate of drug-likeness (QED) is 0.874. The van der Waals surface area contributed by atoms with Gasteiger partial charge in [0, 0.05) is 19.8 Å². The van der Waals surface area contributed by atoms with Gasteiger partial charge in [0.25, 0.3) is 0 Å². The predicted octanol–water partition coefficient (Wildman–Crippen LogP) is 3.60. The van der Waals surface area contributed by atoms with Gasteiger partial charge in [-0.1, -0.05) is 25.5 Å². The molecule has 0 fully saturated rings. The molecule has 2 rings (SSSR count). The van der Waals surface area contributed by atoms with Crippen LogP contribution in [0.3, 0.4) is 0 Å². The van der Waals surface area contributed by atoms with E-state index in [0.717, 1.165) is 25.2 Å². The molecule has 4 nitrogen and oxygen atoms in total. The average Bonchev–Trinajstić information content (AvgIpc) is 2.47. The number of halogens is 1. The van der Waals surface area contributed by atoms with Gasteiger partial charge < -0.3 is 10.2 Å². The van der Waals surface area contributed by atoms with Crippen LogP contribution in [0.25, 0.3) is 0 Å². The van der Waals surface area contributed by atoms with E-state index >= 15 is 0 Å². The van der Waals surface area contributed by atoms with Crippen molar-refractivity contribution in [1.82, 2.24) is 9.97 Å². The minimum atomic E-state index is -0.319. The molecule has 0 saturated carbocycles. The summed E-state index contributed by atoms with van der Waals surface area (Å²) in [5.41, 5.74) is 0.376. The molecule has 5 heteroatoms. The first-order valence-electron chi connectivity index (χ1n) is 6.76. The Labute approximate surface area is 118 Å². The van der Waals surface area contributed by atoms with Gasteiger partial charge in [0.1, 0.15) is 11.6 Å². The lowest BCUT2D eigenvalue weighted by Gasteiger charge is -2.18. The number of para-hydroxylation sites is 1. The van der Waals surface area contributed by atoms with Crippen LogP contribution < -0.4 is 10.2 Å². The van der Waals surface area contributed by atoms with Crippen LogP contribution in [0.5, 0.6) is 0 Å². The van der Waals surface area contributed by atoms with Crippen LogP contribution in [0.1, 0.15) is 19.8 Å². The molecule has 2 aromatic rings. The third-order valence-electron chi connectivity index (χ3n) is 3.00. The first-order chi connectivity index (χ1) is 9.70. The van der Waals surface area contributed by atoms with Crippen molar-refractivity contribution in [3.8, 4) is 0 Å². The normalized spacial score (nSPS) is 10.3. The lowest BCUT2D eigenvalue weighted by Crippen LogP contribution is -2.20. The summed E-state index contributed by atoms with van der Waals surface area (Å²) in [5, 5.41) is 2.90. The Hall–Kier alpha value is -2.17. The molecular formula is C15H19FN4. The van der Waals surface area contributed by atoms with Crippen LogP contribution >= 0.6 is 0 Å². The van der Waals surface area contributed by atoms with Gasteiger partial charge in [0.2, 0.25) is 5.95 Å². The van der Waals surface area contributed by atoms with E-state index in [9.17, 15) is 4.39 Å². The highest BCUT2D eigenvalue weighted by Gasteiger charge is 2.06. The van der Waals surface area contributed by atoms with Crippen LogP contribution in [0.4, 0.5) is 21.8 Å². The minimum Gasteiger partial charge on any atom is -0.360 e. The van der Waals surface area contributed by atoms with Crippen molar-refractivity contribution in [2.45, 2.75) is 19.8 Å². The Bertz CT molecular complexity index is 559.